The van der Waals surface area contributed by atoms with E-state index in [1.54, 1.807) is 0 Å². The molecule has 0 radical (unpaired) electrons. The van der Waals surface area contributed by atoms with Crippen molar-refractivity contribution in [1.29, 1.82) is 0 Å². The SMILES string of the molecule is O=C(NCc1ccccc1)N1CCCC1O. The third-order valence-electron chi connectivity index (χ3n) is 2.77. The molecule has 4 nitrogen and oxygen atoms in total. The Morgan fingerprint density at radius 1 is 1.44 bits per heavy atom. The molecule has 1 aliphatic rings. The molecule has 1 atom stereocenters. The van der Waals surface area contributed by atoms with Gasteiger partial charge in [-0.15, -0.1) is 0 Å². The highest BCUT2D eigenvalue weighted by molar-refractivity contribution is 5.74. The Morgan fingerprint density at radius 3 is 2.81 bits per heavy atom. The van der Waals surface area contributed by atoms with E-state index >= 15 is 0 Å². The van der Waals surface area contributed by atoms with Crippen LogP contribution < -0.4 is 5.32 Å². The number of aliphatic hydroxyl groups is 1. The molecule has 1 aliphatic heterocycles. The van der Waals surface area contributed by atoms with Gasteiger partial charge in [0.25, 0.3) is 0 Å². The quantitative estimate of drug-likeness (QED) is 0.789. The van der Waals surface area contributed by atoms with Gasteiger partial charge in [0.05, 0.1) is 0 Å². The maximum Gasteiger partial charge on any atom is 0.319 e. The van der Waals surface area contributed by atoms with Gasteiger partial charge < -0.3 is 10.4 Å². The Labute approximate surface area is 94.9 Å². The average molecular weight is 220 g/mol. The van der Waals surface area contributed by atoms with E-state index in [0.29, 0.717) is 19.5 Å². The predicted octanol–water partition coefficient (Wildman–Crippen LogP) is 1.31. The largest absolute Gasteiger partial charge is 0.373 e. The lowest BCUT2D eigenvalue weighted by Gasteiger charge is -2.20. The number of carbonyl (C=O) groups is 1. The second-order valence-electron chi connectivity index (χ2n) is 3.96. The zero-order valence-corrected chi connectivity index (χ0v) is 9.10. The van der Waals surface area contributed by atoms with Crippen LogP contribution in [0.25, 0.3) is 0 Å². The van der Waals surface area contributed by atoms with Crippen LogP contribution in [0.15, 0.2) is 30.3 Å². The third-order valence-corrected chi connectivity index (χ3v) is 2.77. The summed E-state index contributed by atoms with van der Waals surface area (Å²) in [6, 6.07) is 9.55. The normalized spacial score (nSPS) is 19.8. The van der Waals surface area contributed by atoms with Gasteiger partial charge in [-0.3, -0.25) is 4.90 Å². The Bertz CT molecular complexity index is 353. The van der Waals surface area contributed by atoms with Crippen molar-refractivity contribution < 1.29 is 9.90 Å². The fourth-order valence-electron chi connectivity index (χ4n) is 1.86. The summed E-state index contributed by atoms with van der Waals surface area (Å²) in [6.07, 6.45) is 0.939. The van der Waals surface area contributed by atoms with Crippen molar-refractivity contribution in [3.05, 3.63) is 35.9 Å². The molecule has 0 bridgehead atoms. The van der Waals surface area contributed by atoms with E-state index < -0.39 is 6.23 Å². The van der Waals surface area contributed by atoms with Crippen molar-refractivity contribution in [3.63, 3.8) is 0 Å². The van der Waals surface area contributed by atoms with Gasteiger partial charge in [-0.2, -0.15) is 0 Å². The maximum atomic E-state index is 11.7. The molecular weight excluding hydrogens is 204 g/mol. The minimum Gasteiger partial charge on any atom is -0.373 e. The summed E-state index contributed by atoms with van der Waals surface area (Å²) >= 11 is 0. The number of rotatable bonds is 2. The number of hydrogen-bond donors (Lipinski definition) is 2. The molecule has 1 aromatic rings. The van der Waals surface area contributed by atoms with Gasteiger partial charge in [-0.05, 0) is 18.4 Å². The summed E-state index contributed by atoms with van der Waals surface area (Å²) in [5, 5.41) is 12.3. The first-order chi connectivity index (χ1) is 7.77. The zero-order chi connectivity index (χ0) is 11.4. The number of urea groups is 1. The van der Waals surface area contributed by atoms with Crippen LogP contribution in [0.2, 0.25) is 0 Å². The number of amides is 2. The first kappa shape index (κ1) is 11.0. The monoisotopic (exact) mass is 220 g/mol. The first-order valence-corrected chi connectivity index (χ1v) is 5.54. The highest BCUT2D eigenvalue weighted by atomic mass is 16.3. The molecule has 2 rings (SSSR count). The topological polar surface area (TPSA) is 52.6 Å². The van der Waals surface area contributed by atoms with Gasteiger partial charge >= 0.3 is 6.03 Å². The number of benzene rings is 1. The molecule has 86 valence electrons. The molecule has 0 spiro atoms. The molecule has 0 aliphatic carbocycles. The Hall–Kier alpha value is -1.55. The van der Waals surface area contributed by atoms with Gasteiger partial charge in [-0.25, -0.2) is 4.79 Å². The van der Waals surface area contributed by atoms with Gasteiger partial charge in [0.2, 0.25) is 0 Å². The van der Waals surface area contributed by atoms with Crippen molar-refractivity contribution >= 4 is 6.03 Å². The molecule has 4 heteroatoms. The summed E-state index contributed by atoms with van der Waals surface area (Å²) in [4.78, 5) is 13.2. The highest BCUT2D eigenvalue weighted by Gasteiger charge is 2.26. The van der Waals surface area contributed by atoms with Crippen LogP contribution in [0, 0.1) is 0 Å². The van der Waals surface area contributed by atoms with Crippen molar-refractivity contribution in [2.45, 2.75) is 25.6 Å². The summed E-state index contributed by atoms with van der Waals surface area (Å²) in [6.45, 7) is 1.14. The molecule has 1 unspecified atom stereocenters. The molecule has 1 heterocycles. The smallest absolute Gasteiger partial charge is 0.319 e. The molecule has 16 heavy (non-hydrogen) atoms. The molecule has 0 saturated carbocycles. The van der Waals surface area contributed by atoms with E-state index in [9.17, 15) is 9.90 Å². The van der Waals surface area contributed by atoms with Crippen molar-refractivity contribution in [1.82, 2.24) is 10.2 Å². The lowest BCUT2D eigenvalue weighted by atomic mass is 10.2. The summed E-state index contributed by atoms with van der Waals surface area (Å²) in [5.41, 5.74) is 1.06. The van der Waals surface area contributed by atoms with Crippen molar-refractivity contribution in [2.24, 2.45) is 0 Å². The fraction of sp³-hybridized carbons (Fsp3) is 0.417. The van der Waals surface area contributed by atoms with E-state index in [4.69, 9.17) is 0 Å². The first-order valence-electron chi connectivity index (χ1n) is 5.54. The fourth-order valence-corrected chi connectivity index (χ4v) is 1.86. The average Bonchev–Trinajstić information content (AvgIpc) is 2.74. The minimum absolute atomic E-state index is 0.186. The lowest BCUT2D eigenvalue weighted by Crippen LogP contribution is -2.42. The predicted molar refractivity (Wildman–Crippen MR) is 60.6 cm³/mol. The second kappa shape index (κ2) is 4.99. The summed E-state index contributed by atoms with van der Waals surface area (Å²) in [7, 11) is 0. The lowest BCUT2D eigenvalue weighted by molar-refractivity contribution is 0.0614. The van der Waals surface area contributed by atoms with E-state index in [-0.39, 0.29) is 6.03 Å². The third kappa shape index (κ3) is 2.52. The van der Waals surface area contributed by atoms with Crippen LogP contribution in [0.1, 0.15) is 18.4 Å². The minimum atomic E-state index is -0.615. The summed E-state index contributed by atoms with van der Waals surface area (Å²) < 4.78 is 0. The number of nitrogens with one attached hydrogen (secondary N) is 1. The molecule has 2 amide bonds. The van der Waals surface area contributed by atoms with E-state index in [2.05, 4.69) is 5.32 Å². The maximum absolute atomic E-state index is 11.7. The molecule has 1 aromatic carbocycles. The Kier molecular flexibility index (Phi) is 3.41. The van der Waals surface area contributed by atoms with Gasteiger partial charge in [0, 0.05) is 13.1 Å². The van der Waals surface area contributed by atoms with E-state index in [1.807, 2.05) is 30.3 Å². The molecule has 1 saturated heterocycles. The van der Waals surface area contributed by atoms with Crippen molar-refractivity contribution in [3.8, 4) is 0 Å². The molecule has 0 aromatic heterocycles. The van der Waals surface area contributed by atoms with Crippen LogP contribution >= 0.6 is 0 Å². The number of likely N-dealkylation sites (tertiary alicyclic amines) is 1. The van der Waals surface area contributed by atoms with Crippen molar-refractivity contribution in [2.75, 3.05) is 6.54 Å². The standard InChI is InChI=1S/C12H16N2O2/c15-11-7-4-8-14(11)12(16)13-9-10-5-2-1-3-6-10/h1-3,5-6,11,15H,4,7-9H2,(H,13,16). The number of aliphatic hydroxyl groups excluding tert-OH is 1. The van der Waals surface area contributed by atoms with Crippen LogP contribution in [0.4, 0.5) is 4.79 Å². The molecular formula is C12H16N2O2. The van der Waals surface area contributed by atoms with Gasteiger partial charge in [0.1, 0.15) is 6.23 Å². The number of carbonyl (C=O) groups excluding carboxylic acids is 1. The molecule has 2 N–H and O–H groups in total. The van der Waals surface area contributed by atoms with Crippen LogP contribution in [0.3, 0.4) is 0 Å². The summed E-state index contributed by atoms with van der Waals surface area (Å²) in [5.74, 6) is 0. The number of hydrogen-bond acceptors (Lipinski definition) is 2. The Morgan fingerprint density at radius 2 is 2.19 bits per heavy atom. The van der Waals surface area contributed by atoms with Crippen LogP contribution in [-0.4, -0.2) is 28.8 Å². The van der Waals surface area contributed by atoms with Gasteiger partial charge in [-0.1, -0.05) is 30.3 Å². The Balaban J connectivity index is 1.84. The zero-order valence-electron chi connectivity index (χ0n) is 9.10. The molecule has 1 fully saturated rings. The van der Waals surface area contributed by atoms with E-state index in [1.165, 1.54) is 4.90 Å². The number of nitrogens with zero attached hydrogens (tertiary/aromatic N) is 1. The van der Waals surface area contributed by atoms with E-state index in [0.717, 1.165) is 12.0 Å². The van der Waals surface area contributed by atoms with Gasteiger partial charge in [0.15, 0.2) is 0 Å². The highest BCUT2D eigenvalue weighted by Crippen LogP contribution is 2.14. The second-order valence-corrected chi connectivity index (χ2v) is 3.96. The van der Waals surface area contributed by atoms with Crippen LogP contribution in [0.5, 0.6) is 0 Å². The van der Waals surface area contributed by atoms with Crippen LogP contribution in [-0.2, 0) is 6.54 Å².